The van der Waals surface area contributed by atoms with Crippen LogP contribution >= 0.6 is 0 Å². The van der Waals surface area contributed by atoms with Crippen LogP contribution in [0.25, 0.3) is 10.9 Å². The molecular weight excluding hydrogens is 338 g/mol. The molecule has 0 spiro atoms. The molecule has 0 saturated heterocycles. The fourth-order valence-corrected chi connectivity index (χ4v) is 3.45. The third kappa shape index (κ3) is 4.19. The van der Waals surface area contributed by atoms with Crippen LogP contribution in [0.3, 0.4) is 0 Å². The minimum Gasteiger partial charge on any atom is -0.361 e. The Labute approximate surface area is 159 Å². The molecule has 5 heteroatoms. The standard InChI is InChI=1S/C22H25N3O2/c1-15-7-6-8-16(2)22(15)25(17(3)26)14-21(27)23-12-11-18-13-24-20-10-5-4-9-19(18)20/h4-10,13,24H,11-12,14H2,1-3H3,(H,23,27). The van der Waals surface area contributed by atoms with Crippen LogP contribution in [0.15, 0.2) is 48.7 Å². The predicted molar refractivity (Wildman–Crippen MR) is 109 cm³/mol. The molecule has 0 atom stereocenters. The summed E-state index contributed by atoms with van der Waals surface area (Å²) in [4.78, 5) is 29.4. The zero-order valence-corrected chi connectivity index (χ0v) is 16.0. The highest BCUT2D eigenvalue weighted by molar-refractivity contribution is 5.98. The second-order valence-electron chi connectivity index (χ2n) is 6.81. The smallest absolute Gasteiger partial charge is 0.240 e. The van der Waals surface area contributed by atoms with Crippen LogP contribution in [-0.2, 0) is 16.0 Å². The van der Waals surface area contributed by atoms with Crippen molar-refractivity contribution in [1.82, 2.24) is 10.3 Å². The van der Waals surface area contributed by atoms with Gasteiger partial charge in [-0.15, -0.1) is 0 Å². The molecule has 1 aromatic heterocycles. The van der Waals surface area contributed by atoms with Gasteiger partial charge in [-0.2, -0.15) is 0 Å². The van der Waals surface area contributed by atoms with Crippen LogP contribution in [-0.4, -0.2) is 29.9 Å². The number of carbonyl (C=O) groups excluding carboxylic acids is 2. The fourth-order valence-electron chi connectivity index (χ4n) is 3.45. The second kappa shape index (κ2) is 8.08. The first kappa shape index (κ1) is 18.7. The third-order valence-electron chi connectivity index (χ3n) is 4.78. The molecule has 0 unspecified atom stereocenters. The number of hydrogen-bond donors (Lipinski definition) is 2. The molecule has 0 fully saturated rings. The van der Waals surface area contributed by atoms with Gasteiger partial charge in [-0.1, -0.05) is 36.4 Å². The van der Waals surface area contributed by atoms with Crippen molar-refractivity contribution < 1.29 is 9.59 Å². The van der Waals surface area contributed by atoms with E-state index in [-0.39, 0.29) is 18.4 Å². The van der Waals surface area contributed by atoms with Gasteiger partial charge in [-0.05, 0) is 43.0 Å². The van der Waals surface area contributed by atoms with Crippen LogP contribution in [0.4, 0.5) is 5.69 Å². The predicted octanol–water partition coefficient (Wildman–Crippen LogP) is 3.50. The number of carbonyl (C=O) groups is 2. The number of benzene rings is 2. The number of rotatable bonds is 6. The van der Waals surface area contributed by atoms with Crippen molar-refractivity contribution in [1.29, 1.82) is 0 Å². The molecule has 2 aromatic carbocycles. The van der Waals surface area contributed by atoms with E-state index in [4.69, 9.17) is 0 Å². The monoisotopic (exact) mass is 363 g/mol. The maximum atomic E-state index is 12.4. The molecule has 2 N–H and O–H groups in total. The van der Waals surface area contributed by atoms with Gasteiger partial charge in [0.25, 0.3) is 0 Å². The van der Waals surface area contributed by atoms with E-state index in [0.717, 1.165) is 28.8 Å². The number of nitrogens with one attached hydrogen (secondary N) is 2. The molecular formula is C22H25N3O2. The van der Waals surface area contributed by atoms with Crippen molar-refractivity contribution in [3.8, 4) is 0 Å². The molecule has 3 aromatic rings. The second-order valence-corrected chi connectivity index (χ2v) is 6.81. The Bertz CT molecular complexity index is 954. The number of aromatic amines is 1. The molecule has 0 bridgehead atoms. The average molecular weight is 363 g/mol. The van der Waals surface area contributed by atoms with Crippen LogP contribution in [0.5, 0.6) is 0 Å². The normalized spacial score (nSPS) is 10.8. The van der Waals surface area contributed by atoms with Crippen LogP contribution in [0, 0.1) is 13.8 Å². The summed E-state index contributed by atoms with van der Waals surface area (Å²) in [5.41, 5.74) is 5.05. The molecule has 0 radical (unpaired) electrons. The van der Waals surface area contributed by atoms with Crippen LogP contribution < -0.4 is 10.2 Å². The maximum Gasteiger partial charge on any atom is 0.240 e. The Kier molecular flexibility index (Phi) is 5.60. The van der Waals surface area contributed by atoms with Gasteiger partial charge >= 0.3 is 0 Å². The van der Waals surface area contributed by atoms with E-state index in [1.807, 2.05) is 56.4 Å². The summed E-state index contributed by atoms with van der Waals surface area (Å²) >= 11 is 0. The lowest BCUT2D eigenvalue weighted by molar-refractivity contribution is -0.123. The van der Waals surface area contributed by atoms with Crippen molar-refractivity contribution in [2.75, 3.05) is 18.0 Å². The van der Waals surface area contributed by atoms with Crippen LogP contribution in [0.1, 0.15) is 23.6 Å². The third-order valence-corrected chi connectivity index (χ3v) is 4.78. The van der Waals surface area contributed by atoms with Crippen molar-refractivity contribution in [3.05, 3.63) is 65.4 Å². The van der Waals surface area contributed by atoms with E-state index < -0.39 is 0 Å². The Hall–Kier alpha value is -3.08. The fraction of sp³-hybridized carbons (Fsp3) is 0.273. The zero-order chi connectivity index (χ0) is 19.4. The summed E-state index contributed by atoms with van der Waals surface area (Å²) in [7, 11) is 0. The lowest BCUT2D eigenvalue weighted by Gasteiger charge is -2.24. The number of aryl methyl sites for hydroxylation is 2. The van der Waals surface area contributed by atoms with Gasteiger partial charge < -0.3 is 15.2 Å². The molecule has 0 aliphatic rings. The molecule has 3 rings (SSSR count). The lowest BCUT2D eigenvalue weighted by Crippen LogP contribution is -2.41. The summed E-state index contributed by atoms with van der Waals surface area (Å²) in [5, 5.41) is 4.11. The minimum atomic E-state index is -0.160. The lowest BCUT2D eigenvalue weighted by atomic mass is 10.1. The minimum absolute atomic E-state index is 0.0227. The molecule has 140 valence electrons. The van der Waals surface area contributed by atoms with Crippen molar-refractivity contribution >= 4 is 28.4 Å². The molecule has 0 saturated carbocycles. The molecule has 5 nitrogen and oxygen atoms in total. The number of aromatic nitrogens is 1. The van der Waals surface area contributed by atoms with E-state index in [0.29, 0.717) is 6.54 Å². The highest BCUT2D eigenvalue weighted by Gasteiger charge is 2.19. The van der Waals surface area contributed by atoms with E-state index >= 15 is 0 Å². The van der Waals surface area contributed by atoms with Gasteiger partial charge in [-0.25, -0.2) is 0 Å². The first-order valence-corrected chi connectivity index (χ1v) is 9.13. The number of para-hydroxylation sites is 2. The summed E-state index contributed by atoms with van der Waals surface area (Å²) in [6.45, 7) is 5.94. The van der Waals surface area contributed by atoms with Gasteiger partial charge in [0, 0.05) is 30.6 Å². The number of fused-ring (bicyclic) bond motifs is 1. The first-order valence-electron chi connectivity index (χ1n) is 9.13. The topological polar surface area (TPSA) is 65.2 Å². The van der Waals surface area contributed by atoms with Crippen molar-refractivity contribution in [3.63, 3.8) is 0 Å². The van der Waals surface area contributed by atoms with Gasteiger partial charge in [0.15, 0.2) is 0 Å². The molecule has 0 aliphatic heterocycles. The Morgan fingerprint density at radius 2 is 1.74 bits per heavy atom. The average Bonchev–Trinajstić information content (AvgIpc) is 3.04. The van der Waals surface area contributed by atoms with E-state index in [1.54, 1.807) is 4.90 Å². The SMILES string of the molecule is CC(=O)N(CC(=O)NCCc1c[nH]c2ccccc12)c1c(C)cccc1C. The quantitative estimate of drug-likeness (QED) is 0.704. The van der Waals surface area contributed by atoms with Gasteiger partial charge in [-0.3, -0.25) is 9.59 Å². The Balaban J connectivity index is 1.63. The molecule has 1 heterocycles. The van der Waals surface area contributed by atoms with E-state index in [9.17, 15) is 9.59 Å². The molecule has 2 amide bonds. The van der Waals surface area contributed by atoms with Gasteiger partial charge in [0.2, 0.25) is 11.8 Å². The number of hydrogen-bond acceptors (Lipinski definition) is 2. The number of nitrogens with zero attached hydrogens (tertiary/aromatic N) is 1. The number of H-pyrrole nitrogens is 1. The zero-order valence-electron chi connectivity index (χ0n) is 16.0. The number of amides is 2. The first-order chi connectivity index (χ1) is 13.0. The van der Waals surface area contributed by atoms with Gasteiger partial charge in [0.05, 0.1) is 5.69 Å². The maximum absolute atomic E-state index is 12.4. The summed E-state index contributed by atoms with van der Waals surface area (Å²) in [6.07, 6.45) is 2.72. The summed E-state index contributed by atoms with van der Waals surface area (Å²) < 4.78 is 0. The van der Waals surface area contributed by atoms with Crippen molar-refractivity contribution in [2.24, 2.45) is 0 Å². The van der Waals surface area contributed by atoms with Crippen LogP contribution in [0.2, 0.25) is 0 Å². The summed E-state index contributed by atoms with van der Waals surface area (Å²) in [5.74, 6) is -0.299. The molecule has 0 aliphatic carbocycles. The Morgan fingerprint density at radius 1 is 1.04 bits per heavy atom. The van der Waals surface area contributed by atoms with E-state index in [1.165, 1.54) is 17.9 Å². The Morgan fingerprint density at radius 3 is 2.44 bits per heavy atom. The largest absolute Gasteiger partial charge is 0.361 e. The molecule has 27 heavy (non-hydrogen) atoms. The highest BCUT2D eigenvalue weighted by Crippen LogP contribution is 2.24. The number of anilines is 1. The van der Waals surface area contributed by atoms with E-state index in [2.05, 4.69) is 16.4 Å². The van der Waals surface area contributed by atoms with Gasteiger partial charge in [0.1, 0.15) is 6.54 Å². The highest BCUT2D eigenvalue weighted by atomic mass is 16.2. The van der Waals surface area contributed by atoms with Crippen molar-refractivity contribution in [2.45, 2.75) is 27.2 Å². The summed E-state index contributed by atoms with van der Waals surface area (Å²) in [6, 6.07) is 14.0.